The molecule has 6 heteroatoms. The van der Waals surface area contributed by atoms with E-state index < -0.39 is 18.5 Å². The Labute approximate surface area is 174 Å². The van der Waals surface area contributed by atoms with Gasteiger partial charge in [-0.1, -0.05) is 60.1 Å². The minimum Gasteiger partial charge on any atom is -0.455 e. The van der Waals surface area contributed by atoms with Crippen molar-refractivity contribution in [2.75, 3.05) is 18.1 Å². The molecule has 0 saturated carbocycles. The van der Waals surface area contributed by atoms with Crippen LogP contribution in [0.1, 0.15) is 12.0 Å². The van der Waals surface area contributed by atoms with E-state index >= 15 is 0 Å². The van der Waals surface area contributed by atoms with Crippen molar-refractivity contribution >= 4 is 39.9 Å². The van der Waals surface area contributed by atoms with Gasteiger partial charge in [-0.3, -0.25) is 9.59 Å². The second-order valence-electron chi connectivity index (χ2n) is 6.45. The smallest absolute Gasteiger partial charge is 0.310 e. The Morgan fingerprint density at radius 3 is 2.55 bits per heavy atom. The maximum absolute atomic E-state index is 12.6. The molecule has 0 aliphatic rings. The van der Waals surface area contributed by atoms with Crippen LogP contribution in [0.25, 0.3) is 10.8 Å². The summed E-state index contributed by atoms with van der Waals surface area (Å²) in [7, 11) is 0. The number of nitriles is 1. The molecule has 3 aromatic carbocycles. The first-order valence-electron chi connectivity index (χ1n) is 9.13. The second-order valence-corrected chi connectivity index (χ2v) is 6.89. The number of nitrogens with zero attached hydrogens (tertiary/aromatic N) is 2. The minimum absolute atomic E-state index is 0.0769. The van der Waals surface area contributed by atoms with Gasteiger partial charge in [0.25, 0.3) is 5.91 Å². The number of rotatable bonds is 7. The molecule has 0 saturated heterocycles. The summed E-state index contributed by atoms with van der Waals surface area (Å²) in [4.78, 5) is 26.2. The number of carbonyl (C=O) groups is 2. The number of fused-ring (bicyclic) bond motifs is 1. The Hall–Kier alpha value is -3.36. The average Bonchev–Trinajstić information content (AvgIpc) is 2.72. The fourth-order valence-corrected chi connectivity index (χ4v) is 3.17. The van der Waals surface area contributed by atoms with E-state index in [1.807, 2.05) is 48.5 Å². The van der Waals surface area contributed by atoms with Gasteiger partial charge in [0.2, 0.25) is 0 Å². The second kappa shape index (κ2) is 9.72. The maximum atomic E-state index is 12.6. The standard InChI is InChI=1S/C23H19ClN2O3/c24-20-7-3-8-21(15-20)26(12-4-11-25)22(27)16-29-23(28)14-17-9-10-18-5-1-2-6-19(18)13-17/h1-3,5-10,13,15H,4,12,14,16H2. The normalized spacial score (nSPS) is 10.3. The summed E-state index contributed by atoms with van der Waals surface area (Å²) < 4.78 is 5.19. The summed E-state index contributed by atoms with van der Waals surface area (Å²) in [6.07, 6.45) is 0.233. The molecule has 3 aromatic rings. The van der Waals surface area contributed by atoms with Crippen molar-refractivity contribution in [3.63, 3.8) is 0 Å². The molecule has 0 radical (unpaired) electrons. The zero-order valence-electron chi connectivity index (χ0n) is 15.7. The van der Waals surface area contributed by atoms with Crippen LogP contribution in [-0.2, 0) is 20.7 Å². The van der Waals surface area contributed by atoms with Crippen molar-refractivity contribution < 1.29 is 14.3 Å². The van der Waals surface area contributed by atoms with Gasteiger partial charge in [-0.2, -0.15) is 5.26 Å². The molecule has 0 fully saturated rings. The van der Waals surface area contributed by atoms with E-state index in [0.29, 0.717) is 10.7 Å². The zero-order valence-corrected chi connectivity index (χ0v) is 16.4. The van der Waals surface area contributed by atoms with Crippen LogP contribution in [0.4, 0.5) is 5.69 Å². The highest BCUT2D eigenvalue weighted by Gasteiger charge is 2.18. The van der Waals surface area contributed by atoms with E-state index in [1.165, 1.54) is 4.90 Å². The quantitative estimate of drug-likeness (QED) is 0.540. The third-order valence-corrected chi connectivity index (χ3v) is 4.62. The van der Waals surface area contributed by atoms with Gasteiger partial charge in [-0.05, 0) is 34.5 Å². The number of hydrogen-bond donors (Lipinski definition) is 0. The van der Waals surface area contributed by atoms with E-state index in [2.05, 4.69) is 0 Å². The highest BCUT2D eigenvalue weighted by molar-refractivity contribution is 6.30. The summed E-state index contributed by atoms with van der Waals surface area (Å²) in [6, 6.07) is 22.4. The molecule has 0 unspecified atom stereocenters. The molecular formula is C23H19ClN2O3. The summed E-state index contributed by atoms with van der Waals surface area (Å²) >= 11 is 6.00. The van der Waals surface area contributed by atoms with E-state index in [-0.39, 0.29) is 19.4 Å². The van der Waals surface area contributed by atoms with E-state index in [4.69, 9.17) is 21.6 Å². The third-order valence-electron chi connectivity index (χ3n) is 4.39. The molecule has 0 spiro atoms. The zero-order chi connectivity index (χ0) is 20.6. The first-order valence-corrected chi connectivity index (χ1v) is 9.51. The van der Waals surface area contributed by atoms with E-state index in [0.717, 1.165) is 16.3 Å². The van der Waals surface area contributed by atoms with Crippen molar-refractivity contribution in [1.82, 2.24) is 0 Å². The van der Waals surface area contributed by atoms with Crippen LogP contribution in [0.15, 0.2) is 66.7 Å². The van der Waals surface area contributed by atoms with Crippen LogP contribution < -0.4 is 4.90 Å². The van der Waals surface area contributed by atoms with Crippen LogP contribution >= 0.6 is 11.6 Å². The lowest BCUT2D eigenvalue weighted by atomic mass is 10.1. The van der Waals surface area contributed by atoms with Gasteiger partial charge in [0.05, 0.1) is 18.9 Å². The number of amides is 1. The topological polar surface area (TPSA) is 70.4 Å². The summed E-state index contributed by atoms with van der Waals surface area (Å²) in [5, 5.41) is 11.5. The van der Waals surface area contributed by atoms with E-state index in [1.54, 1.807) is 24.3 Å². The molecule has 5 nitrogen and oxygen atoms in total. The summed E-state index contributed by atoms with van der Waals surface area (Å²) in [5.74, 6) is -0.894. The molecule has 3 rings (SSSR count). The number of benzene rings is 3. The molecule has 146 valence electrons. The number of hydrogen-bond acceptors (Lipinski definition) is 4. The van der Waals surface area contributed by atoms with Crippen LogP contribution in [0.2, 0.25) is 5.02 Å². The number of anilines is 1. The summed E-state index contributed by atoms with van der Waals surface area (Å²) in [6.45, 7) is -0.206. The van der Waals surface area contributed by atoms with Gasteiger partial charge in [-0.25, -0.2) is 0 Å². The minimum atomic E-state index is -0.486. The van der Waals surface area contributed by atoms with Crippen molar-refractivity contribution in [1.29, 1.82) is 5.26 Å². The predicted octanol–water partition coefficient (Wildman–Crippen LogP) is 4.53. The number of ether oxygens (including phenoxy) is 1. The van der Waals surface area contributed by atoms with Crippen molar-refractivity contribution in [3.8, 4) is 6.07 Å². The van der Waals surface area contributed by atoms with Crippen LogP contribution in [0.3, 0.4) is 0 Å². The van der Waals surface area contributed by atoms with Crippen LogP contribution in [0, 0.1) is 11.3 Å². The van der Waals surface area contributed by atoms with Gasteiger partial charge in [0, 0.05) is 17.3 Å². The predicted molar refractivity (Wildman–Crippen MR) is 113 cm³/mol. The van der Waals surface area contributed by atoms with Gasteiger partial charge in [0.15, 0.2) is 6.61 Å². The number of carbonyl (C=O) groups excluding carboxylic acids is 2. The fraction of sp³-hybridized carbons (Fsp3) is 0.174. The lowest BCUT2D eigenvalue weighted by Crippen LogP contribution is -2.35. The van der Waals surface area contributed by atoms with E-state index in [9.17, 15) is 9.59 Å². The lowest BCUT2D eigenvalue weighted by molar-refractivity contribution is -0.147. The highest BCUT2D eigenvalue weighted by Crippen LogP contribution is 2.20. The van der Waals surface area contributed by atoms with Gasteiger partial charge < -0.3 is 9.64 Å². The molecule has 0 atom stereocenters. The molecule has 0 N–H and O–H groups in total. The first-order chi connectivity index (χ1) is 14.1. The third kappa shape index (κ3) is 5.56. The fourth-order valence-electron chi connectivity index (χ4n) is 2.99. The maximum Gasteiger partial charge on any atom is 0.310 e. The molecule has 0 aliphatic heterocycles. The van der Waals surface area contributed by atoms with Gasteiger partial charge in [0.1, 0.15) is 0 Å². The Morgan fingerprint density at radius 2 is 1.79 bits per heavy atom. The SMILES string of the molecule is N#CCCN(C(=O)COC(=O)Cc1ccc2ccccc2c1)c1cccc(Cl)c1. The average molecular weight is 407 g/mol. The van der Waals surface area contributed by atoms with Crippen molar-refractivity contribution in [2.24, 2.45) is 0 Å². The van der Waals surface area contributed by atoms with Crippen LogP contribution in [0.5, 0.6) is 0 Å². The largest absolute Gasteiger partial charge is 0.455 e. The molecule has 29 heavy (non-hydrogen) atoms. The van der Waals surface area contributed by atoms with Gasteiger partial charge >= 0.3 is 5.97 Å². The number of halogens is 1. The highest BCUT2D eigenvalue weighted by atomic mass is 35.5. The summed E-state index contributed by atoms with van der Waals surface area (Å²) in [5.41, 5.74) is 1.38. The first kappa shape index (κ1) is 20.4. The monoisotopic (exact) mass is 406 g/mol. The van der Waals surface area contributed by atoms with Crippen molar-refractivity contribution in [3.05, 3.63) is 77.3 Å². The lowest BCUT2D eigenvalue weighted by Gasteiger charge is -2.21. The Bertz CT molecular complexity index is 1070. The number of esters is 1. The molecule has 0 bridgehead atoms. The van der Waals surface area contributed by atoms with Crippen LogP contribution in [-0.4, -0.2) is 25.0 Å². The van der Waals surface area contributed by atoms with Gasteiger partial charge in [-0.15, -0.1) is 0 Å². The Kier molecular flexibility index (Phi) is 6.83. The Balaban J connectivity index is 1.62. The Morgan fingerprint density at radius 1 is 1.00 bits per heavy atom. The molecule has 1 amide bonds. The molecule has 0 aromatic heterocycles. The molecule has 0 aliphatic carbocycles. The molecule has 0 heterocycles. The van der Waals surface area contributed by atoms with Crippen molar-refractivity contribution in [2.45, 2.75) is 12.8 Å². The molecular weight excluding hydrogens is 388 g/mol.